The van der Waals surface area contributed by atoms with E-state index >= 15 is 0 Å². The van der Waals surface area contributed by atoms with Gasteiger partial charge in [0, 0.05) is 11.3 Å². The molecule has 0 saturated carbocycles. The molecule has 0 aliphatic heterocycles. The highest BCUT2D eigenvalue weighted by atomic mass is 32.1. The summed E-state index contributed by atoms with van der Waals surface area (Å²) in [6, 6.07) is 7.34. The van der Waals surface area contributed by atoms with Crippen molar-refractivity contribution >= 4 is 28.2 Å². The zero-order valence-corrected chi connectivity index (χ0v) is 20.4. The zero-order valence-electron chi connectivity index (χ0n) is 19.6. The number of nitrogens with one attached hydrogen (secondary N) is 1. The van der Waals surface area contributed by atoms with Crippen molar-refractivity contribution in [2.75, 3.05) is 26.1 Å². The summed E-state index contributed by atoms with van der Waals surface area (Å²) in [7, 11) is 3.00. The fourth-order valence-corrected chi connectivity index (χ4v) is 5.35. The van der Waals surface area contributed by atoms with Crippen molar-refractivity contribution in [3.8, 4) is 11.5 Å². The van der Waals surface area contributed by atoms with Crippen LogP contribution in [0.3, 0.4) is 0 Å². The number of rotatable bonds is 8. The van der Waals surface area contributed by atoms with Crippen LogP contribution in [0.25, 0.3) is 0 Å². The molecule has 0 fully saturated rings. The van der Waals surface area contributed by atoms with Crippen LogP contribution in [0.15, 0.2) is 24.3 Å². The smallest absolute Gasteiger partial charge is 0.341 e. The van der Waals surface area contributed by atoms with E-state index in [1.807, 2.05) is 24.3 Å². The molecule has 1 amide bonds. The fourth-order valence-electron chi connectivity index (χ4n) is 4.02. The van der Waals surface area contributed by atoms with E-state index < -0.39 is 0 Å². The SMILES string of the molecule is COC(=O)c1c(NC(=O)CCCOc2ccc(OC)cc2)sc2c1CCC(C(C)(C)C)C2. The highest BCUT2D eigenvalue weighted by molar-refractivity contribution is 7.17. The number of thiophene rings is 1. The summed E-state index contributed by atoms with van der Waals surface area (Å²) >= 11 is 1.52. The lowest BCUT2D eigenvalue weighted by molar-refractivity contribution is -0.116. The Kier molecular flexibility index (Phi) is 7.82. The van der Waals surface area contributed by atoms with E-state index in [2.05, 4.69) is 26.1 Å². The molecule has 0 bridgehead atoms. The third-order valence-electron chi connectivity index (χ3n) is 6.01. The van der Waals surface area contributed by atoms with E-state index in [0.29, 0.717) is 35.9 Å². The average Bonchev–Trinajstić information content (AvgIpc) is 3.12. The summed E-state index contributed by atoms with van der Waals surface area (Å²) in [5, 5.41) is 3.57. The molecule has 0 radical (unpaired) electrons. The van der Waals surface area contributed by atoms with Crippen molar-refractivity contribution in [1.82, 2.24) is 0 Å². The van der Waals surface area contributed by atoms with Crippen LogP contribution in [-0.4, -0.2) is 32.7 Å². The molecule has 1 aromatic heterocycles. The minimum absolute atomic E-state index is 0.126. The first-order chi connectivity index (χ1) is 15.2. The first kappa shape index (κ1) is 24.1. The molecule has 1 N–H and O–H groups in total. The van der Waals surface area contributed by atoms with Gasteiger partial charge in [0.1, 0.15) is 16.5 Å². The number of carbonyl (C=O) groups excluding carboxylic acids is 2. The molecule has 1 aliphatic carbocycles. The van der Waals surface area contributed by atoms with Crippen LogP contribution in [0.2, 0.25) is 0 Å². The molecular formula is C25H33NO5S. The minimum Gasteiger partial charge on any atom is -0.497 e. The highest BCUT2D eigenvalue weighted by Gasteiger charge is 2.34. The summed E-state index contributed by atoms with van der Waals surface area (Å²) in [6.07, 6.45) is 3.68. The van der Waals surface area contributed by atoms with Crippen molar-refractivity contribution in [1.29, 1.82) is 0 Å². The topological polar surface area (TPSA) is 73.9 Å². The normalized spacial score (nSPS) is 15.6. The molecule has 7 heteroatoms. The first-order valence-electron chi connectivity index (χ1n) is 11.0. The molecular weight excluding hydrogens is 426 g/mol. The standard InChI is InChI=1S/C25H33NO5S/c1-25(2,3)16-8-13-19-20(15-16)32-23(22(19)24(28)30-5)26-21(27)7-6-14-31-18-11-9-17(29-4)10-12-18/h9-12,16H,6-8,13-15H2,1-5H3,(H,26,27). The van der Waals surface area contributed by atoms with Crippen LogP contribution in [0.4, 0.5) is 5.00 Å². The number of anilines is 1. The zero-order chi connectivity index (χ0) is 23.3. The molecule has 6 nitrogen and oxygen atoms in total. The fraction of sp³-hybridized carbons (Fsp3) is 0.520. The quantitative estimate of drug-likeness (QED) is 0.417. The average molecular weight is 460 g/mol. The third-order valence-corrected chi connectivity index (χ3v) is 7.18. The van der Waals surface area contributed by atoms with Gasteiger partial charge in [-0.2, -0.15) is 0 Å². The van der Waals surface area contributed by atoms with Gasteiger partial charge in [-0.15, -0.1) is 11.3 Å². The second kappa shape index (κ2) is 10.4. The Labute approximate surface area is 194 Å². The molecule has 2 aromatic rings. The van der Waals surface area contributed by atoms with Gasteiger partial charge in [0.2, 0.25) is 5.91 Å². The molecule has 174 valence electrons. The molecule has 0 saturated heterocycles. The van der Waals surface area contributed by atoms with Crippen molar-refractivity contribution in [3.63, 3.8) is 0 Å². The Morgan fingerprint density at radius 2 is 1.81 bits per heavy atom. The van der Waals surface area contributed by atoms with E-state index in [4.69, 9.17) is 14.2 Å². The van der Waals surface area contributed by atoms with Crippen molar-refractivity contribution in [2.45, 2.75) is 52.9 Å². The van der Waals surface area contributed by atoms with Crippen LogP contribution in [0.1, 0.15) is 60.8 Å². The van der Waals surface area contributed by atoms with Crippen LogP contribution in [-0.2, 0) is 22.4 Å². The molecule has 1 heterocycles. The van der Waals surface area contributed by atoms with Crippen LogP contribution < -0.4 is 14.8 Å². The van der Waals surface area contributed by atoms with E-state index in [9.17, 15) is 9.59 Å². The highest BCUT2D eigenvalue weighted by Crippen LogP contribution is 2.44. The number of amides is 1. The molecule has 1 aliphatic rings. The number of methoxy groups -OCH3 is 2. The Morgan fingerprint density at radius 3 is 2.44 bits per heavy atom. The summed E-state index contributed by atoms with van der Waals surface area (Å²) in [5.74, 6) is 1.55. The van der Waals surface area contributed by atoms with Crippen molar-refractivity contribution < 1.29 is 23.8 Å². The second-order valence-corrected chi connectivity index (χ2v) is 10.3. The molecule has 1 atom stereocenters. The van der Waals surface area contributed by atoms with Gasteiger partial charge >= 0.3 is 5.97 Å². The summed E-state index contributed by atoms with van der Waals surface area (Å²) < 4.78 is 15.8. The third kappa shape index (κ3) is 5.82. The van der Waals surface area contributed by atoms with Gasteiger partial charge in [0.05, 0.1) is 26.4 Å². The number of carbonyl (C=O) groups is 2. The Bertz CT molecular complexity index is 942. The van der Waals surface area contributed by atoms with Gasteiger partial charge in [0.15, 0.2) is 0 Å². The summed E-state index contributed by atoms with van der Waals surface area (Å²) in [5.41, 5.74) is 1.78. The van der Waals surface area contributed by atoms with E-state index in [1.54, 1.807) is 7.11 Å². The first-order valence-corrected chi connectivity index (χ1v) is 11.8. The number of hydrogen-bond acceptors (Lipinski definition) is 6. The van der Waals surface area contributed by atoms with E-state index in [0.717, 1.165) is 36.3 Å². The van der Waals surface area contributed by atoms with Crippen LogP contribution >= 0.6 is 11.3 Å². The van der Waals surface area contributed by atoms with Crippen molar-refractivity contribution in [2.24, 2.45) is 11.3 Å². The number of esters is 1. The Balaban J connectivity index is 1.60. The largest absolute Gasteiger partial charge is 0.497 e. The number of benzene rings is 1. The Hall–Kier alpha value is -2.54. The lowest BCUT2D eigenvalue weighted by Gasteiger charge is -2.33. The number of hydrogen-bond donors (Lipinski definition) is 1. The lowest BCUT2D eigenvalue weighted by atomic mass is 9.72. The maximum absolute atomic E-state index is 12.6. The number of ether oxygens (including phenoxy) is 3. The van der Waals surface area contributed by atoms with Crippen LogP contribution in [0, 0.1) is 11.3 Å². The van der Waals surface area contributed by atoms with Gasteiger partial charge in [-0.1, -0.05) is 20.8 Å². The lowest BCUT2D eigenvalue weighted by Crippen LogP contribution is -2.26. The maximum atomic E-state index is 12.6. The predicted octanol–water partition coefficient (Wildman–Crippen LogP) is 5.49. The van der Waals surface area contributed by atoms with Gasteiger partial charge in [-0.25, -0.2) is 4.79 Å². The monoisotopic (exact) mass is 459 g/mol. The minimum atomic E-state index is -0.380. The summed E-state index contributed by atoms with van der Waals surface area (Å²) in [4.78, 5) is 26.3. The van der Waals surface area contributed by atoms with Crippen LogP contribution in [0.5, 0.6) is 11.5 Å². The molecule has 0 spiro atoms. The molecule has 1 aromatic carbocycles. The van der Waals surface area contributed by atoms with Crippen molar-refractivity contribution in [3.05, 3.63) is 40.3 Å². The second-order valence-electron chi connectivity index (χ2n) is 9.18. The van der Waals surface area contributed by atoms with Gasteiger partial charge < -0.3 is 19.5 Å². The van der Waals surface area contributed by atoms with Gasteiger partial charge in [-0.05, 0) is 66.8 Å². The van der Waals surface area contributed by atoms with E-state index in [1.165, 1.54) is 23.3 Å². The molecule has 1 unspecified atom stereocenters. The molecule has 3 rings (SSSR count). The molecule has 32 heavy (non-hydrogen) atoms. The summed E-state index contributed by atoms with van der Waals surface area (Å²) in [6.45, 7) is 7.20. The maximum Gasteiger partial charge on any atom is 0.341 e. The Morgan fingerprint density at radius 1 is 1.12 bits per heavy atom. The van der Waals surface area contributed by atoms with Gasteiger partial charge in [-0.3, -0.25) is 4.79 Å². The van der Waals surface area contributed by atoms with Gasteiger partial charge in [0.25, 0.3) is 0 Å². The number of fused-ring (bicyclic) bond motifs is 1. The predicted molar refractivity (Wildman–Crippen MR) is 127 cm³/mol. The van der Waals surface area contributed by atoms with E-state index in [-0.39, 0.29) is 17.3 Å².